The zero-order valence-electron chi connectivity index (χ0n) is 13.6. The van der Waals surface area contributed by atoms with Crippen molar-refractivity contribution in [3.8, 4) is 0 Å². The molecule has 0 radical (unpaired) electrons. The van der Waals surface area contributed by atoms with Gasteiger partial charge in [0, 0.05) is 26.6 Å². The Hall–Kier alpha value is -1.88. The zero-order chi connectivity index (χ0) is 16.5. The molecule has 1 atom stereocenters. The van der Waals surface area contributed by atoms with Crippen LogP contribution >= 0.6 is 0 Å². The molecular weight excluding hydrogens is 280 g/mol. The highest BCUT2D eigenvalue weighted by atomic mass is 16.4. The molecule has 1 rings (SSSR count). The number of benzene rings is 1. The van der Waals surface area contributed by atoms with Crippen LogP contribution in [-0.4, -0.2) is 41.0 Å². The Kier molecular flexibility index (Phi) is 7.60. The minimum atomic E-state index is -0.854. The number of carboxylic acid groups (broad SMARTS) is 1. The van der Waals surface area contributed by atoms with Crippen molar-refractivity contribution < 1.29 is 14.7 Å². The Morgan fingerprint density at radius 1 is 1.32 bits per heavy atom. The Balaban J connectivity index is 2.76. The molecule has 5 nitrogen and oxygen atoms in total. The standard InChI is InChI=1S/C17H26N2O3/c1-4-6-15-7-5-8-16(11-15)12-19(13(2)17(21)22)10-9-18-14(3)20/h5,7-8,11,13H,4,6,9-10,12H2,1-3H3,(H,18,20)(H,21,22). The van der Waals surface area contributed by atoms with Crippen LogP contribution in [0.1, 0.15) is 38.3 Å². The highest BCUT2D eigenvalue weighted by Gasteiger charge is 2.20. The highest BCUT2D eigenvalue weighted by molar-refractivity contribution is 5.73. The van der Waals surface area contributed by atoms with E-state index in [2.05, 4.69) is 24.4 Å². The number of aliphatic carboxylic acids is 1. The van der Waals surface area contributed by atoms with Gasteiger partial charge in [-0.15, -0.1) is 0 Å². The van der Waals surface area contributed by atoms with Crippen LogP contribution in [-0.2, 0) is 22.6 Å². The molecular formula is C17H26N2O3. The van der Waals surface area contributed by atoms with Crippen LogP contribution in [0.4, 0.5) is 0 Å². The van der Waals surface area contributed by atoms with Gasteiger partial charge in [0.2, 0.25) is 5.91 Å². The molecule has 122 valence electrons. The third kappa shape index (κ3) is 6.26. The second-order valence-electron chi connectivity index (χ2n) is 5.54. The predicted molar refractivity (Wildman–Crippen MR) is 86.6 cm³/mol. The Morgan fingerprint density at radius 2 is 2.00 bits per heavy atom. The number of nitrogens with one attached hydrogen (secondary N) is 1. The summed E-state index contributed by atoms with van der Waals surface area (Å²) in [5.41, 5.74) is 2.37. The molecule has 0 fully saturated rings. The van der Waals surface area contributed by atoms with Crippen molar-refractivity contribution in [2.45, 2.75) is 46.2 Å². The monoisotopic (exact) mass is 306 g/mol. The van der Waals surface area contributed by atoms with E-state index in [1.165, 1.54) is 12.5 Å². The molecule has 22 heavy (non-hydrogen) atoms. The van der Waals surface area contributed by atoms with Crippen LogP contribution in [0.25, 0.3) is 0 Å². The van der Waals surface area contributed by atoms with Gasteiger partial charge in [0.15, 0.2) is 0 Å². The molecule has 0 saturated carbocycles. The Bertz CT molecular complexity index is 502. The topological polar surface area (TPSA) is 69.6 Å². The van der Waals surface area contributed by atoms with Crippen molar-refractivity contribution in [2.75, 3.05) is 13.1 Å². The van der Waals surface area contributed by atoms with Gasteiger partial charge in [-0.05, 0) is 24.5 Å². The molecule has 1 aromatic rings. The molecule has 0 bridgehead atoms. The number of rotatable bonds is 9. The molecule has 0 spiro atoms. The SMILES string of the molecule is CCCc1cccc(CN(CCNC(C)=O)C(C)C(=O)O)c1. The largest absolute Gasteiger partial charge is 0.480 e. The van der Waals surface area contributed by atoms with Crippen LogP contribution in [0.15, 0.2) is 24.3 Å². The normalized spacial score (nSPS) is 12.2. The van der Waals surface area contributed by atoms with E-state index in [1.54, 1.807) is 6.92 Å². The minimum absolute atomic E-state index is 0.104. The summed E-state index contributed by atoms with van der Waals surface area (Å²) < 4.78 is 0. The fraction of sp³-hybridized carbons (Fsp3) is 0.529. The van der Waals surface area contributed by atoms with Crippen molar-refractivity contribution in [2.24, 2.45) is 0 Å². The summed E-state index contributed by atoms with van der Waals surface area (Å²) in [5, 5.41) is 12.0. The maximum atomic E-state index is 11.3. The van der Waals surface area contributed by atoms with Crippen molar-refractivity contribution in [3.05, 3.63) is 35.4 Å². The fourth-order valence-electron chi connectivity index (χ4n) is 2.35. The summed E-state index contributed by atoms with van der Waals surface area (Å²) in [5.74, 6) is -0.958. The number of carboxylic acids is 1. The molecule has 0 aromatic heterocycles. The summed E-state index contributed by atoms with van der Waals surface area (Å²) in [6.07, 6.45) is 2.11. The first-order valence-corrected chi connectivity index (χ1v) is 7.73. The first-order valence-electron chi connectivity index (χ1n) is 7.73. The van der Waals surface area contributed by atoms with Crippen molar-refractivity contribution in [1.29, 1.82) is 0 Å². The van der Waals surface area contributed by atoms with Gasteiger partial charge in [0.25, 0.3) is 0 Å². The summed E-state index contributed by atoms with van der Waals surface area (Å²) >= 11 is 0. The quantitative estimate of drug-likeness (QED) is 0.732. The fourth-order valence-corrected chi connectivity index (χ4v) is 2.35. The highest BCUT2D eigenvalue weighted by Crippen LogP contribution is 2.12. The number of hydrogen-bond acceptors (Lipinski definition) is 3. The van der Waals surface area contributed by atoms with Gasteiger partial charge in [-0.25, -0.2) is 0 Å². The number of hydrogen-bond donors (Lipinski definition) is 2. The van der Waals surface area contributed by atoms with Crippen LogP contribution in [0.5, 0.6) is 0 Å². The van der Waals surface area contributed by atoms with Crippen molar-refractivity contribution in [1.82, 2.24) is 10.2 Å². The van der Waals surface area contributed by atoms with E-state index >= 15 is 0 Å². The van der Waals surface area contributed by atoms with Crippen LogP contribution < -0.4 is 5.32 Å². The first-order chi connectivity index (χ1) is 10.4. The lowest BCUT2D eigenvalue weighted by atomic mass is 10.1. The van der Waals surface area contributed by atoms with Crippen molar-refractivity contribution >= 4 is 11.9 Å². The van der Waals surface area contributed by atoms with Gasteiger partial charge in [-0.1, -0.05) is 37.6 Å². The molecule has 0 aliphatic heterocycles. The van der Waals surface area contributed by atoms with Gasteiger partial charge in [0.1, 0.15) is 6.04 Å². The number of carbonyl (C=O) groups excluding carboxylic acids is 1. The third-order valence-corrected chi connectivity index (χ3v) is 3.59. The number of amides is 1. The average molecular weight is 306 g/mol. The molecule has 0 aliphatic rings. The van der Waals surface area contributed by atoms with E-state index in [0.717, 1.165) is 18.4 Å². The second-order valence-corrected chi connectivity index (χ2v) is 5.54. The van der Waals surface area contributed by atoms with E-state index in [4.69, 9.17) is 0 Å². The Labute approximate surface area is 132 Å². The lowest BCUT2D eigenvalue weighted by molar-refractivity contribution is -0.142. The molecule has 5 heteroatoms. The number of carbonyl (C=O) groups is 2. The van der Waals surface area contributed by atoms with Crippen LogP contribution in [0.2, 0.25) is 0 Å². The smallest absolute Gasteiger partial charge is 0.320 e. The van der Waals surface area contributed by atoms with Gasteiger partial charge in [0.05, 0.1) is 0 Å². The predicted octanol–water partition coefficient (Wildman–Crippen LogP) is 2.05. The number of nitrogens with zero attached hydrogens (tertiary/aromatic N) is 1. The summed E-state index contributed by atoms with van der Waals surface area (Å²) in [6.45, 7) is 6.78. The van der Waals surface area contributed by atoms with E-state index in [1.807, 2.05) is 17.0 Å². The van der Waals surface area contributed by atoms with E-state index in [0.29, 0.717) is 19.6 Å². The maximum Gasteiger partial charge on any atom is 0.320 e. The van der Waals surface area contributed by atoms with Crippen molar-refractivity contribution in [3.63, 3.8) is 0 Å². The Morgan fingerprint density at radius 3 is 2.59 bits per heavy atom. The molecule has 0 aliphatic carbocycles. The second kappa shape index (κ2) is 9.20. The third-order valence-electron chi connectivity index (χ3n) is 3.59. The molecule has 1 aromatic carbocycles. The first kappa shape index (κ1) is 18.2. The van der Waals surface area contributed by atoms with Crippen LogP contribution in [0.3, 0.4) is 0 Å². The zero-order valence-corrected chi connectivity index (χ0v) is 13.6. The molecule has 0 heterocycles. The lowest BCUT2D eigenvalue weighted by Gasteiger charge is -2.26. The summed E-state index contributed by atoms with van der Waals surface area (Å²) in [6, 6.07) is 7.65. The van der Waals surface area contributed by atoms with Gasteiger partial charge >= 0.3 is 5.97 Å². The maximum absolute atomic E-state index is 11.3. The molecule has 1 unspecified atom stereocenters. The van der Waals surface area contributed by atoms with E-state index in [9.17, 15) is 14.7 Å². The summed E-state index contributed by atoms with van der Waals surface area (Å²) in [7, 11) is 0. The minimum Gasteiger partial charge on any atom is -0.480 e. The van der Waals surface area contributed by atoms with Crippen LogP contribution in [0, 0.1) is 0 Å². The van der Waals surface area contributed by atoms with E-state index < -0.39 is 12.0 Å². The molecule has 1 amide bonds. The molecule has 0 saturated heterocycles. The number of aryl methyl sites for hydroxylation is 1. The average Bonchev–Trinajstić information content (AvgIpc) is 2.45. The van der Waals surface area contributed by atoms with Gasteiger partial charge in [-0.2, -0.15) is 0 Å². The van der Waals surface area contributed by atoms with Gasteiger partial charge in [-0.3, -0.25) is 14.5 Å². The molecule has 2 N–H and O–H groups in total. The lowest BCUT2D eigenvalue weighted by Crippen LogP contribution is -2.42. The van der Waals surface area contributed by atoms with E-state index in [-0.39, 0.29) is 5.91 Å². The van der Waals surface area contributed by atoms with Gasteiger partial charge < -0.3 is 10.4 Å². The summed E-state index contributed by atoms with van der Waals surface area (Å²) in [4.78, 5) is 24.1.